The highest BCUT2D eigenvalue weighted by Crippen LogP contribution is 2.31. The fraction of sp³-hybridized carbons (Fsp3) is 0.621. The first-order chi connectivity index (χ1) is 18.0. The van der Waals surface area contributed by atoms with Gasteiger partial charge in [0.05, 0.1) is 26.1 Å². The van der Waals surface area contributed by atoms with E-state index >= 15 is 0 Å². The van der Waals surface area contributed by atoms with Gasteiger partial charge in [0.1, 0.15) is 11.9 Å². The van der Waals surface area contributed by atoms with Gasteiger partial charge in [-0.25, -0.2) is 0 Å². The summed E-state index contributed by atoms with van der Waals surface area (Å²) in [5.41, 5.74) is 1.76. The molecule has 3 fully saturated rings. The van der Waals surface area contributed by atoms with Gasteiger partial charge in [0.2, 0.25) is 11.8 Å². The first kappa shape index (κ1) is 25.8. The molecule has 1 saturated carbocycles. The van der Waals surface area contributed by atoms with Crippen LogP contribution in [0.3, 0.4) is 0 Å². The van der Waals surface area contributed by atoms with Crippen LogP contribution in [0.25, 0.3) is 0 Å². The monoisotopic (exact) mass is 508 g/mol. The van der Waals surface area contributed by atoms with E-state index < -0.39 is 0 Å². The van der Waals surface area contributed by atoms with Crippen molar-refractivity contribution >= 4 is 17.6 Å². The van der Waals surface area contributed by atoms with Crippen LogP contribution in [0, 0.1) is 17.8 Å². The molecule has 8 nitrogen and oxygen atoms in total. The molecular formula is C29H40N4O4. The van der Waals surface area contributed by atoms with Crippen molar-refractivity contribution in [3.8, 4) is 5.75 Å². The number of nitrogens with zero attached hydrogens (tertiary/aromatic N) is 2. The van der Waals surface area contributed by atoms with Crippen LogP contribution in [0.15, 0.2) is 36.0 Å². The first-order valence-electron chi connectivity index (χ1n) is 14.0. The number of carbonyl (C=O) groups is 3. The molecule has 8 heteroatoms. The molecule has 2 atom stereocenters. The van der Waals surface area contributed by atoms with E-state index in [1.165, 1.54) is 12.8 Å². The maximum atomic E-state index is 13.4. The second-order valence-corrected chi connectivity index (χ2v) is 11.1. The fourth-order valence-electron chi connectivity index (χ4n) is 5.83. The molecule has 1 aromatic rings. The minimum atomic E-state index is -0.247. The van der Waals surface area contributed by atoms with E-state index in [-0.39, 0.29) is 35.6 Å². The van der Waals surface area contributed by atoms with Crippen LogP contribution in [0.4, 0.5) is 0 Å². The molecule has 2 aliphatic carbocycles. The van der Waals surface area contributed by atoms with Crippen LogP contribution in [0.5, 0.6) is 5.75 Å². The summed E-state index contributed by atoms with van der Waals surface area (Å²) in [6, 6.07) is 7.31. The minimum absolute atomic E-state index is 0.00948. The van der Waals surface area contributed by atoms with Crippen molar-refractivity contribution in [3.63, 3.8) is 0 Å². The quantitative estimate of drug-likeness (QED) is 0.499. The maximum Gasteiger partial charge on any atom is 0.236 e. The Morgan fingerprint density at radius 3 is 2.46 bits per heavy atom. The second kappa shape index (κ2) is 11.7. The molecule has 5 rings (SSSR count). The summed E-state index contributed by atoms with van der Waals surface area (Å²) in [4.78, 5) is 43.3. The number of ketones is 1. The number of piperidine rings is 1. The topological polar surface area (TPSA) is 91.0 Å². The number of hydrogen-bond donors (Lipinski definition) is 2. The molecule has 37 heavy (non-hydrogen) atoms. The lowest BCUT2D eigenvalue weighted by Crippen LogP contribution is -2.60. The summed E-state index contributed by atoms with van der Waals surface area (Å²) < 4.78 is 5.19. The lowest BCUT2D eigenvalue weighted by atomic mass is 9.89. The molecule has 4 aliphatic rings. The summed E-state index contributed by atoms with van der Waals surface area (Å²) in [5, 5.41) is 6.65. The molecule has 0 bridgehead atoms. The number of carbonyl (C=O) groups excluding carboxylic acids is 3. The predicted octanol–water partition coefficient (Wildman–Crippen LogP) is 2.95. The van der Waals surface area contributed by atoms with Crippen LogP contribution < -0.4 is 15.4 Å². The van der Waals surface area contributed by atoms with Gasteiger partial charge < -0.3 is 20.3 Å². The van der Waals surface area contributed by atoms with Gasteiger partial charge in [-0.05, 0) is 88.2 Å². The van der Waals surface area contributed by atoms with Crippen molar-refractivity contribution in [2.75, 3.05) is 39.8 Å². The van der Waals surface area contributed by atoms with Gasteiger partial charge >= 0.3 is 0 Å². The van der Waals surface area contributed by atoms with E-state index in [2.05, 4.69) is 21.6 Å². The number of hydrogen-bond acceptors (Lipinski definition) is 6. The van der Waals surface area contributed by atoms with Crippen LogP contribution in [0.1, 0.15) is 61.7 Å². The predicted molar refractivity (Wildman–Crippen MR) is 141 cm³/mol. The molecule has 0 aromatic heterocycles. The van der Waals surface area contributed by atoms with Gasteiger partial charge in [0, 0.05) is 23.7 Å². The van der Waals surface area contributed by atoms with Gasteiger partial charge in [-0.3, -0.25) is 19.3 Å². The molecule has 2 aliphatic heterocycles. The number of fused-ring (bicyclic) bond motifs is 1. The zero-order valence-corrected chi connectivity index (χ0v) is 21.9. The van der Waals surface area contributed by atoms with Crippen molar-refractivity contribution in [1.82, 2.24) is 20.4 Å². The Hall–Kier alpha value is -2.87. The van der Waals surface area contributed by atoms with Gasteiger partial charge in [-0.1, -0.05) is 12.5 Å². The Bertz CT molecular complexity index is 1010. The van der Waals surface area contributed by atoms with Crippen molar-refractivity contribution in [2.45, 2.75) is 57.5 Å². The van der Waals surface area contributed by atoms with Gasteiger partial charge in [0.25, 0.3) is 0 Å². The highest BCUT2D eigenvalue weighted by atomic mass is 16.5. The van der Waals surface area contributed by atoms with E-state index in [0.717, 1.165) is 75.2 Å². The van der Waals surface area contributed by atoms with Gasteiger partial charge in [0.15, 0.2) is 5.78 Å². The number of rotatable bonds is 9. The van der Waals surface area contributed by atoms with Crippen molar-refractivity contribution < 1.29 is 19.1 Å². The maximum absolute atomic E-state index is 13.4. The van der Waals surface area contributed by atoms with E-state index in [1.54, 1.807) is 7.11 Å². The third-order valence-electron chi connectivity index (χ3n) is 8.28. The average molecular weight is 509 g/mol. The largest absolute Gasteiger partial charge is 0.497 e. The van der Waals surface area contributed by atoms with Gasteiger partial charge in [-0.2, -0.15) is 0 Å². The molecule has 2 amide bonds. The molecule has 2 unspecified atom stereocenters. The first-order valence-corrected chi connectivity index (χ1v) is 14.0. The van der Waals surface area contributed by atoms with E-state index in [1.807, 2.05) is 29.2 Å². The third kappa shape index (κ3) is 6.53. The SMILES string of the molecule is COc1ccc(C(=O)C2CCN(CC(=O)N(CC3CC3)CC3NC(=O)C4CCCCC=C4N3)CC2)cc1. The Kier molecular flexibility index (Phi) is 8.13. The van der Waals surface area contributed by atoms with E-state index in [0.29, 0.717) is 19.0 Å². The summed E-state index contributed by atoms with van der Waals surface area (Å²) >= 11 is 0. The molecule has 1 aromatic carbocycles. The summed E-state index contributed by atoms with van der Waals surface area (Å²) in [6.45, 7) is 3.08. The number of ether oxygens (including phenoxy) is 1. The Balaban J connectivity index is 1.14. The van der Waals surface area contributed by atoms with E-state index in [9.17, 15) is 14.4 Å². The minimum Gasteiger partial charge on any atom is -0.497 e. The molecule has 2 N–H and O–H groups in total. The number of Topliss-reactive ketones (excluding diaryl/α,β-unsaturated/α-hetero) is 1. The van der Waals surface area contributed by atoms with Crippen LogP contribution >= 0.6 is 0 Å². The number of amides is 2. The van der Waals surface area contributed by atoms with Crippen LogP contribution in [-0.2, 0) is 9.59 Å². The molecule has 200 valence electrons. The fourth-order valence-corrected chi connectivity index (χ4v) is 5.83. The van der Waals surface area contributed by atoms with Crippen molar-refractivity contribution in [3.05, 3.63) is 41.6 Å². The number of allylic oxidation sites excluding steroid dienone is 1. The third-order valence-corrected chi connectivity index (χ3v) is 8.28. The highest BCUT2D eigenvalue weighted by molar-refractivity contribution is 5.98. The zero-order valence-electron chi connectivity index (χ0n) is 21.9. The second-order valence-electron chi connectivity index (χ2n) is 11.1. The smallest absolute Gasteiger partial charge is 0.236 e. The lowest BCUT2D eigenvalue weighted by Gasteiger charge is -2.37. The average Bonchev–Trinajstić information content (AvgIpc) is 3.75. The Morgan fingerprint density at radius 1 is 1.00 bits per heavy atom. The molecular weight excluding hydrogens is 468 g/mol. The Labute approximate surface area is 219 Å². The van der Waals surface area contributed by atoms with Crippen molar-refractivity contribution in [1.29, 1.82) is 0 Å². The summed E-state index contributed by atoms with van der Waals surface area (Å²) in [6.07, 6.45) is 9.86. The highest BCUT2D eigenvalue weighted by Gasteiger charge is 2.35. The standard InChI is InChI=1S/C29H40N4O4/c1-37-23-11-9-21(10-12-23)28(35)22-13-15-32(16-14-22)19-27(34)33(17-20-7-8-20)18-26-30-25-6-4-2-3-5-24(25)29(36)31-26/h6,9-12,20,22,24,26,30H,2-5,7-8,13-19H2,1H3,(H,31,36). The molecule has 2 heterocycles. The lowest BCUT2D eigenvalue weighted by molar-refractivity contribution is -0.135. The van der Waals surface area contributed by atoms with Crippen LogP contribution in [0.2, 0.25) is 0 Å². The molecule has 0 spiro atoms. The molecule has 0 radical (unpaired) electrons. The zero-order chi connectivity index (χ0) is 25.8. The van der Waals surface area contributed by atoms with E-state index in [4.69, 9.17) is 4.74 Å². The number of likely N-dealkylation sites (tertiary alicyclic amines) is 1. The summed E-state index contributed by atoms with van der Waals surface area (Å²) in [7, 11) is 1.62. The number of nitrogens with one attached hydrogen (secondary N) is 2. The van der Waals surface area contributed by atoms with Crippen molar-refractivity contribution in [2.24, 2.45) is 17.8 Å². The normalized spacial score (nSPS) is 24.7. The van der Waals surface area contributed by atoms with Gasteiger partial charge in [-0.15, -0.1) is 0 Å². The number of methoxy groups -OCH3 is 1. The summed E-state index contributed by atoms with van der Waals surface area (Å²) in [5.74, 6) is 1.60. The number of benzene rings is 1. The Morgan fingerprint density at radius 2 is 1.76 bits per heavy atom. The molecule has 2 saturated heterocycles. The van der Waals surface area contributed by atoms with Crippen LogP contribution in [-0.4, -0.2) is 73.4 Å².